The molecule has 18 heavy (non-hydrogen) atoms. The molecule has 1 unspecified atom stereocenters. The predicted molar refractivity (Wildman–Crippen MR) is 67.2 cm³/mol. The molecule has 1 atom stereocenters. The average molecular weight is 270 g/mol. The van der Waals surface area contributed by atoms with Gasteiger partial charge >= 0.3 is 0 Å². The molecule has 0 bridgehead atoms. The van der Waals surface area contributed by atoms with Gasteiger partial charge in [-0.15, -0.1) is 0 Å². The van der Waals surface area contributed by atoms with Crippen molar-refractivity contribution >= 4 is 10.0 Å². The Bertz CT molecular complexity index is 542. The van der Waals surface area contributed by atoms with Gasteiger partial charge in [0.15, 0.2) is 5.03 Å². The summed E-state index contributed by atoms with van der Waals surface area (Å²) in [5.41, 5.74) is 0. The topological polar surface area (TPSA) is 87.8 Å². The molecule has 0 aliphatic heterocycles. The molecule has 1 rings (SSSR count). The van der Waals surface area contributed by atoms with Gasteiger partial charge in [-0.3, -0.25) is 0 Å². The zero-order chi connectivity index (χ0) is 13.8. The fourth-order valence-corrected chi connectivity index (χ4v) is 2.57. The summed E-state index contributed by atoms with van der Waals surface area (Å²) in [7, 11) is -3.62. The minimum absolute atomic E-state index is 0.0126. The van der Waals surface area contributed by atoms with Crippen LogP contribution in [0.25, 0.3) is 0 Å². The van der Waals surface area contributed by atoms with Crippen LogP contribution >= 0.6 is 0 Å². The molecule has 6 nitrogen and oxygen atoms in total. The van der Waals surface area contributed by atoms with Crippen molar-refractivity contribution in [3.8, 4) is 6.07 Å². The van der Waals surface area contributed by atoms with Crippen LogP contribution in [0.3, 0.4) is 0 Å². The second kappa shape index (κ2) is 5.98. The van der Waals surface area contributed by atoms with Crippen molar-refractivity contribution in [1.82, 2.24) is 14.3 Å². The Morgan fingerprint density at radius 3 is 2.83 bits per heavy atom. The largest absolute Gasteiger partial charge is 0.334 e. The summed E-state index contributed by atoms with van der Waals surface area (Å²) in [5.74, 6) is 0.309. The molecule has 1 N–H and O–H groups in total. The van der Waals surface area contributed by atoms with Crippen LogP contribution in [-0.2, 0) is 16.6 Å². The standard InChI is InChI=1S/C11H18N4O2S/c1-4-5-15-8-11(14-10(15)3)18(16,17)13-7-9(2)6-12/h8-9,13H,4-5,7H2,1-3H3. The van der Waals surface area contributed by atoms with Crippen molar-refractivity contribution in [3.63, 3.8) is 0 Å². The van der Waals surface area contributed by atoms with E-state index >= 15 is 0 Å². The highest BCUT2D eigenvalue weighted by molar-refractivity contribution is 7.89. The molecule has 1 aromatic heterocycles. The lowest BCUT2D eigenvalue weighted by molar-refractivity contribution is 0.569. The summed E-state index contributed by atoms with van der Waals surface area (Å²) in [4.78, 5) is 4.03. The second-order valence-electron chi connectivity index (χ2n) is 4.20. The molecule has 0 aliphatic carbocycles. The van der Waals surface area contributed by atoms with Crippen molar-refractivity contribution in [1.29, 1.82) is 5.26 Å². The molecule has 7 heteroatoms. The lowest BCUT2D eigenvalue weighted by atomic mass is 10.2. The maximum Gasteiger partial charge on any atom is 0.259 e. The molecule has 1 aromatic rings. The number of sulfonamides is 1. The van der Waals surface area contributed by atoms with Crippen LogP contribution in [0.5, 0.6) is 0 Å². The first-order chi connectivity index (χ1) is 8.40. The lowest BCUT2D eigenvalue weighted by Crippen LogP contribution is -2.28. The SMILES string of the molecule is CCCn1cc(S(=O)(=O)NCC(C)C#N)nc1C. The number of nitrogens with zero attached hydrogens (tertiary/aromatic N) is 3. The normalized spacial score (nSPS) is 13.2. The van der Waals surface area contributed by atoms with Gasteiger partial charge in [0.25, 0.3) is 10.0 Å². The Morgan fingerprint density at radius 2 is 2.28 bits per heavy atom. The van der Waals surface area contributed by atoms with Crippen molar-refractivity contribution in [2.45, 2.75) is 38.8 Å². The van der Waals surface area contributed by atoms with E-state index in [0.29, 0.717) is 5.82 Å². The van der Waals surface area contributed by atoms with Crippen molar-refractivity contribution in [2.75, 3.05) is 6.54 Å². The molecular formula is C11H18N4O2S. The maximum atomic E-state index is 11.9. The third-order valence-corrected chi connectivity index (χ3v) is 3.79. The van der Waals surface area contributed by atoms with E-state index in [1.807, 2.05) is 17.6 Å². The monoisotopic (exact) mass is 270 g/mol. The molecule has 0 amide bonds. The first kappa shape index (κ1) is 14.7. The van der Waals surface area contributed by atoms with Crippen molar-refractivity contribution in [3.05, 3.63) is 12.0 Å². The van der Waals surface area contributed by atoms with Gasteiger partial charge in [0, 0.05) is 19.3 Å². The Hall–Kier alpha value is -1.39. The van der Waals surface area contributed by atoms with Gasteiger partial charge in [0.1, 0.15) is 5.82 Å². The minimum Gasteiger partial charge on any atom is -0.334 e. The van der Waals surface area contributed by atoms with Gasteiger partial charge in [-0.2, -0.15) is 5.26 Å². The molecule has 0 aliphatic rings. The molecule has 1 heterocycles. The minimum atomic E-state index is -3.62. The van der Waals surface area contributed by atoms with Gasteiger partial charge in [-0.25, -0.2) is 18.1 Å². The fourth-order valence-electron chi connectivity index (χ4n) is 1.43. The summed E-state index contributed by atoms with van der Waals surface area (Å²) in [6, 6.07) is 1.97. The summed E-state index contributed by atoms with van der Waals surface area (Å²) in [6.45, 7) is 6.28. The highest BCUT2D eigenvalue weighted by atomic mass is 32.2. The highest BCUT2D eigenvalue weighted by Gasteiger charge is 2.19. The summed E-state index contributed by atoms with van der Waals surface area (Å²) in [5, 5.41) is 8.63. The van der Waals surface area contributed by atoms with E-state index in [2.05, 4.69) is 9.71 Å². The van der Waals surface area contributed by atoms with Crippen LogP contribution in [0.2, 0.25) is 0 Å². The Kier molecular flexibility index (Phi) is 4.87. The molecular weight excluding hydrogens is 252 g/mol. The van der Waals surface area contributed by atoms with Crippen molar-refractivity contribution in [2.24, 2.45) is 5.92 Å². The van der Waals surface area contributed by atoms with Gasteiger partial charge in [0.2, 0.25) is 0 Å². The van der Waals surface area contributed by atoms with Crippen LogP contribution in [0.1, 0.15) is 26.1 Å². The van der Waals surface area contributed by atoms with E-state index < -0.39 is 10.0 Å². The zero-order valence-corrected chi connectivity index (χ0v) is 11.7. The van der Waals surface area contributed by atoms with Crippen LogP contribution in [0.4, 0.5) is 0 Å². The quantitative estimate of drug-likeness (QED) is 0.836. The molecule has 0 saturated heterocycles. The number of aryl methyl sites for hydroxylation is 2. The lowest BCUT2D eigenvalue weighted by Gasteiger charge is -2.04. The maximum absolute atomic E-state index is 11.9. The van der Waals surface area contributed by atoms with Gasteiger partial charge in [-0.1, -0.05) is 6.92 Å². The number of hydrogen-bond acceptors (Lipinski definition) is 4. The van der Waals surface area contributed by atoms with Crippen molar-refractivity contribution < 1.29 is 8.42 Å². The zero-order valence-electron chi connectivity index (χ0n) is 10.8. The number of nitrogens with one attached hydrogen (secondary N) is 1. The van der Waals surface area contributed by atoms with E-state index in [-0.39, 0.29) is 17.5 Å². The van der Waals surface area contributed by atoms with Gasteiger partial charge in [-0.05, 0) is 20.3 Å². The first-order valence-corrected chi connectivity index (χ1v) is 7.32. The van der Waals surface area contributed by atoms with Crippen LogP contribution < -0.4 is 4.72 Å². The summed E-state index contributed by atoms with van der Waals surface area (Å²) < 4.78 is 28.0. The number of nitriles is 1. The van der Waals surface area contributed by atoms with Gasteiger partial charge in [0.05, 0.1) is 12.0 Å². The van der Waals surface area contributed by atoms with Crippen LogP contribution in [0.15, 0.2) is 11.2 Å². The third-order valence-electron chi connectivity index (χ3n) is 2.49. The number of hydrogen-bond donors (Lipinski definition) is 1. The fraction of sp³-hybridized carbons (Fsp3) is 0.636. The Morgan fingerprint density at radius 1 is 1.61 bits per heavy atom. The van der Waals surface area contributed by atoms with E-state index in [0.717, 1.165) is 13.0 Å². The number of rotatable bonds is 6. The second-order valence-corrected chi connectivity index (χ2v) is 5.92. The highest BCUT2D eigenvalue weighted by Crippen LogP contribution is 2.09. The number of imidazole rings is 1. The van der Waals surface area contributed by atoms with Gasteiger partial charge < -0.3 is 4.57 Å². The number of aromatic nitrogens is 2. The van der Waals surface area contributed by atoms with Crippen LogP contribution in [0, 0.1) is 24.2 Å². The molecule has 0 spiro atoms. The molecule has 0 fully saturated rings. The third kappa shape index (κ3) is 3.55. The summed E-state index contributed by atoms with van der Waals surface area (Å²) in [6.07, 6.45) is 2.44. The van der Waals surface area contributed by atoms with E-state index in [1.54, 1.807) is 13.8 Å². The Labute approximate surface area is 108 Å². The van der Waals surface area contributed by atoms with E-state index in [1.165, 1.54) is 6.20 Å². The molecule has 0 aromatic carbocycles. The molecule has 0 radical (unpaired) electrons. The smallest absolute Gasteiger partial charge is 0.259 e. The molecule has 100 valence electrons. The summed E-state index contributed by atoms with van der Waals surface area (Å²) >= 11 is 0. The van der Waals surface area contributed by atoms with E-state index in [9.17, 15) is 8.42 Å². The molecule has 0 saturated carbocycles. The average Bonchev–Trinajstić information content (AvgIpc) is 2.69. The first-order valence-electron chi connectivity index (χ1n) is 5.83. The Balaban J connectivity index is 2.86. The van der Waals surface area contributed by atoms with E-state index in [4.69, 9.17) is 5.26 Å². The van der Waals surface area contributed by atoms with Crippen LogP contribution in [-0.4, -0.2) is 24.5 Å². The predicted octanol–water partition coefficient (Wildman–Crippen LogP) is 1.04.